The van der Waals surface area contributed by atoms with Gasteiger partial charge in [0.2, 0.25) is 11.8 Å². The predicted molar refractivity (Wildman–Crippen MR) is 110 cm³/mol. The summed E-state index contributed by atoms with van der Waals surface area (Å²) >= 11 is 0. The van der Waals surface area contributed by atoms with Crippen molar-refractivity contribution in [1.29, 1.82) is 0 Å². The molecule has 1 aliphatic heterocycles. The van der Waals surface area contributed by atoms with Gasteiger partial charge in [0, 0.05) is 18.7 Å². The highest BCUT2D eigenvalue weighted by Crippen LogP contribution is 2.31. The van der Waals surface area contributed by atoms with E-state index in [1.807, 2.05) is 31.2 Å². The number of nitrogens with one attached hydrogen (secondary N) is 1. The summed E-state index contributed by atoms with van der Waals surface area (Å²) in [5.41, 5.74) is 1.66. The molecule has 1 fully saturated rings. The van der Waals surface area contributed by atoms with Crippen LogP contribution in [-0.4, -0.2) is 39.7 Å². The topological polar surface area (TPSA) is 77.1 Å². The molecule has 1 aliphatic rings. The van der Waals surface area contributed by atoms with Gasteiger partial charge in [-0.2, -0.15) is 0 Å². The van der Waals surface area contributed by atoms with Crippen molar-refractivity contribution in [1.82, 2.24) is 5.32 Å². The molecule has 0 aromatic heterocycles. The number of methoxy groups -OCH3 is 3. The second-order valence-electron chi connectivity index (χ2n) is 6.95. The van der Waals surface area contributed by atoms with Gasteiger partial charge < -0.3 is 24.4 Å². The van der Waals surface area contributed by atoms with E-state index in [-0.39, 0.29) is 24.3 Å². The van der Waals surface area contributed by atoms with E-state index in [1.54, 1.807) is 44.4 Å². The minimum atomic E-state index is -0.396. The first-order chi connectivity index (χ1) is 14.0. The Balaban J connectivity index is 1.65. The molecular weight excluding hydrogens is 372 g/mol. The molecule has 2 amide bonds. The highest BCUT2D eigenvalue weighted by Gasteiger charge is 2.35. The van der Waals surface area contributed by atoms with Crippen molar-refractivity contribution in [2.45, 2.75) is 19.4 Å². The molecule has 3 rings (SSSR count). The summed E-state index contributed by atoms with van der Waals surface area (Å²) in [5, 5.41) is 3.00. The summed E-state index contributed by atoms with van der Waals surface area (Å²) in [7, 11) is 4.74. The van der Waals surface area contributed by atoms with Crippen molar-refractivity contribution in [3.63, 3.8) is 0 Å². The molecule has 2 unspecified atom stereocenters. The van der Waals surface area contributed by atoms with Crippen LogP contribution >= 0.6 is 0 Å². The average Bonchev–Trinajstić information content (AvgIpc) is 3.14. The minimum Gasteiger partial charge on any atom is -0.497 e. The zero-order valence-electron chi connectivity index (χ0n) is 17.1. The van der Waals surface area contributed by atoms with E-state index in [0.717, 1.165) is 17.0 Å². The Labute approximate surface area is 170 Å². The van der Waals surface area contributed by atoms with E-state index in [2.05, 4.69) is 5.32 Å². The third kappa shape index (κ3) is 4.45. The molecule has 0 aliphatic carbocycles. The largest absolute Gasteiger partial charge is 0.497 e. The standard InChI is InChI=1S/C22H26N2O5/c1-14(15-5-10-19(28-3)20(11-15)29-4)23-22(26)16-12-21(25)24(13-16)17-6-8-18(27-2)9-7-17/h5-11,14,16H,12-13H2,1-4H3,(H,23,26). The Morgan fingerprint density at radius 1 is 1.03 bits per heavy atom. The minimum absolute atomic E-state index is 0.0610. The molecular formula is C22H26N2O5. The van der Waals surface area contributed by atoms with E-state index >= 15 is 0 Å². The Hall–Kier alpha value is -3.22. The van der Waals surface area contributed by atoms with Crippen molar-refractivity contribution in [2.24, 2.45) is 5.92 Å². The first-order valence-electron chi connectivity index (χ1n) is 9.43. The van der Waals surface area contributed by atoms with Gasteiger partial charge >= 0.3 is 0 Å². The summed E-state index contributed by atoms with van der Waals surface area (Å²) in [6, 6.07) is 12.5. The van der Waals surface area contributed by atoms with Crippen molar-refractivity contribution >= 4 is 17.5 Å². The van der Waals surface area contributed by atoms with E-state index in [0.29, 0.717) is 18.0 Å². The normalized spacial score (nSPS) is 17.0. The number of hydrogen-bond donors (Lipinski definition) is 1. The van der Waals surface area contributed by atoms with Gasteiger partial charge in [-0.05, 0) is 48.9 Å². The molecule has 0 saturated carbocycles. The van der Waals surface area contributed by atoms with Gasteiger partial charge in [0.25, 0.3) is 0 Å². The molecule has 2 aromatic rings. The van der Waals surface area contributed by atoms with Crippen LogP contribution in [0.2, 0.25) is 0 Å². The lowest BCUT2D eigenvalue weighted by Gasteiger charge is -2.20. The monoisotopic (exact) mass is 398 g/mol. The van der Waals surface area contributed by atoms with E-state index in [4.69, 9.17) is 14.2 Å². The molecule has 1 heterocycles. The van der Waals surface area contributed by atoms with Crippen LogP contribution in [0.4, 0.5) is 5.69 Å². The summed E-state index contributed by atoms with van der Waals surface area (Å²) < 4.78 is 15.7. The Morgan fingerprint density at radius 3 is 2.34 bits per heavy atom. The first kappa shape index (κ1) is 20.5. The first-order valence-corrected chi connectivity index (χ1v) is 9.43. The Bertz CT molecular complexity index is 881. The van der Waals surface area contributed by atoms with Crippen LogP contribution < -0.4 is 24.4 Å². The fourth-order valence-corrected chi connectivity index (χ4v) is 3.43. The third-order valence-corrected chi connectivity index (χ3v) is 5.15. The second kappa shape index (κ2) is 8.86. The van der Waals surface area contributed by atoms with Gasteiger partial charge in [-0.15, -0.1) is 0 Å². The number of carbonyl (C=O) groups is 2. The zero-order valence-corrected chi connectivity index (χ0v) is 17.1. The number of ether oxygens (including phenoxy) is 3. The highest BCUT2D eigenvalue weighted by molar-refractivity contribution is 6.00. The molecule has 0 spiro atoms. The lowest BCUT2D eigenvalue weighted by Crippen LogP contribution is -2.34. The van der Waals surface area contributed by atoms with Crippen LogP contribution in [0, 0.1) is 5.92 Å². The maximum Gasteiger partial charge on any atom is 0.227 e. The third-order valence-electron chi connectivity index (χ3n) is 5.15. The maximum atomic E-state index is 12.8. The van der Waals surface area contributed by atoms with Crippen LogP contribution in [0.3, 0.4) is 0 Å². The van der Waals surface area contributed by atoms with Crippen LogP contribution in [0.25, 0.3) is 0 Å². The van der Waals surface area contributed by atoms with Crippen molar-refractivity contribution in [3.05, 3.63) is 48.0 Å². The predicted octanol–water partition coefficient (Wildman–Crippen LogP) is 2.94. The van der Waals surface area contributed by atoms with E-state index in [1.165, 1.54) is 0 Å². The van der Waals surface area contributed by atoms with Crippen molar-refractivity contribution < 1.29 is 23.8 Å². The SMILES string of the molecule is COc1ccc(N2CC(C(=O)NC(C)c3ccc(OC)c(OC)c3)CC2=O)cc1. The molecule has 1 N–H and O–H groups in total. The summed E-state index contributed by atoms with van der Waals surface area (Å²) in [6.45, 7) is 2.26. The summed E-state index contributed by atoms with van der Waals surface area (Å²) in [6.07, 6.45) is 0.191. The van der Waals surface area contributed by atoms with Gasteiger partial charge in [0.05, 0.1) is 33.3 Å². The lowest BCUT2D eigenvalue weighted by atomic mass is 10.0. The fourth-order valence-electron chi connectivity index (χ4n) is 3.43. The van der Waals surface area contributed by atoms with Crippen LogP contribution in [0.5, 0.6) is 17.2 Å². The number of carbonyl (C=O) groups excluding carboxylic acids is 2. The molecule has 1 saturated heterocycles. The quantitative estimate of drug-likeness (QED) is 0.776. The number of nitrogens with zero attached hydrogens (tertiary/aromatic N) is 1. The van der Waals surface area contributed by atoms with E-state index in [9.17, 15) is 9.59 Å². The smallest absolute Gasteiger partial charge is 0.227 e. The van der Waals surface area contributed by atoms with Crippen LogP contribution in [-0.2, 0) is 9.59 Å². The number of anilines is 1. The lowest BCUT2D eigenvalue weighted by molar-refractivity contribution is -0.126. The van der Waals surface area contributed by atoms with Crippen molar-refractivity contribution in [2.75, 3.05) is 32.8 Å². The van der Waals surface area contributed by atoms with Gasteiger partial charge in [0.1, 0.15) is 5.75 Å². The zero-order chi connectivity index (χ0) is 21.0. The van der Waals surface area contributed by atoms with Crippen LogP contribution in [0.1, 0.15) is 24.9 Å². The van der Waals surface area contributed by atoms with Gasteiger partial charge in [-0.1, -0.05) is 6.07 Å². The molecule has 7 nitrogen and oxygen atoms in total. The molecule has 2 aromatic carbocycles. The molecule has 7 heteroatoms. The number of rotatable bonds is 7. The van der Waals surface area contributed by atoms with Gasteiger partial charge in [-0.3, -0.25) is 9.59 Å². The number of amides is 2. The average molecular weight is 398 g/mol. The fraction of sp³-hybridized carbons (Fsp3) is 0.364. The summed E-state index contributed by atoms with van der Waals surface area (Å²) in [4.78, 5) is 26.8. The second-order valence-corrected chi connectivity index (χ2v) is 6.95. The maximum absolute atomic E-state index is 12.8. The number of benzene rings is 2. The molecule has 0 bridgehead atoms. The number of hydrogen-bond acceptors (Lipinski definition) is 5. The Kier molecular flexibility index (Phi) is 6.26. The van der Waals surface area contributed by atoms with Gasteiger partial charge in [-0.25, -0.2) is 0 Å². The van der Waals surface area contributed by atoms with Crippen LogP contribution in [0.15, 0.2) is 42.5 Å². The summed E-state index contributed by atoms with van der Waals surface area (Å²) in [5.74, 6) is 1.36. The molecule has 29 heavy (non-hydrogen) atoms. The highest BCUT2D eigenvalue weighted by atomic mass is 16.5. The van der Waals surface area contributed by atoms with Crippen molar-refractivity contribution in [3.8, 4) is 17.2 Å². The molecule has 0 radical (unpaired) electrons. The molecule has 154 valence electrons. The molecule has 2 atom stereocenters. The van der Waals surface area contributed by atoms with Gasteiger partial charge in [0.15, 0.2) is 11.5 Å². The van der Waals surface area contributed by atoms with E-state index < -0.39 is 5.92 Å². The Morgan fingerprint density at radius 2 is 1.72 bits per heavy atom.